The van der Waals surface area contributed by atoms with Gasteiger partial charge in [0.15, 0.2) is 15.5 Å². The molecule has 0 aliphatic carbocycles. The van der Waals surface area contributed by atoms with Gasteiger partial charge in [-0.2, -0.15) is 26.3 Å². The van der Waals surface area contributed by atoms with Crippen LogP contribution in [-0.4, -0.2) is 38.7 Å². The highest BCUT2D eigenvalue weighted by Crippen LogP contribution is 2.34. The number of aromatic nitrogens is 5. The number of rotatable bonds is 3. The van der Waals surface area contributed by atoms with Crippen molar-refractivity contribution in [3.05, 3.63) is 35.9 Å². The largest absolute Gasteiger partial charge is 0.433 e. The molecule has 0 saturated carbocycles. The first-order valence-electron chi connectivity index (χ1n) is 7.43. The van der Waals surface area contributed by atoms with Gasteiger partial charge in [-0.1, -0.05) is 6.92 Å². The van der Waals surface area contributed by atoms with Gasteiger partial charge in [-0.05, 0) is 6.07 Å². The molecule has 0 unspecified atom stereocenters. The van der Waals surface area contributed by atoms with Crippen LogP contribution in [0.1, 0.15) is 18.2 Å². The van der Waals surface area contributed by atoms with Gasteiger partial charge in [-0.15, -0.1) is 5.10 Å². The maximum Gasteiger partial charge on any atom is 0.433 e. The first-order chi connectivity index (χ1) is 12.8. The average molecular weight is 425 g/mol. The van der Waals surface area contributed by atoms with Crippen LogP contribution in [0.15, 0.2) is 29.6 Å². The highest BCUT2D eigenvalue weighted by molar-refractivity contribution is 7.91. The Labute approximate surface area is 153 Å². The Morgan fingerprint density at radius 3 is 2.29 bits per heavy atom. The monoisotopic (exact) mass is 425 g/mol. The van der Waals surface area contributed by atoms with Gasteiger partial charge in [-0.3, -0.25) is 4.98 Å². The molecular weight excluding hydrogens is 416 g/mol. The molecule has 150 valence electrons. The Morgan fingerprint density at radius 2 is 1.71 bits per heavy atom. The molecule has 0 atom stereocenters. The zero-order valence-corrected chi connectivity index (χ0v) is 14.6. The van der Waals surface area contributed by atoms with Crippen LogP contribution >= 0.6 is 0 Å². The van der Waals surface area contributed by atoms with E-state index in [4.69, 9.17) is 0 Å². The number of alkyl halides is 6. The van der Waals surface area contributed by atoms with Crippen LogP contribution < -0.4 is 0 Å². The molecule has 0 spiro atoms. The fourth-order valence-corrected chi connectivity index (χ4v) is 3.27. The number of hydrogen-bond acceptors (Lipinski definition) is 6. The van der Waals surface area contributed by atoms with Gasteiger partial charge < -0.3 is 0 Å². The number of hydrogen-bond donors (Lipinski definition) is 0. The van der Waals surface area contributed by atoms with E-state index in [9.17, 15) is 34.8 Å². The number of sulfone groups is 1. The second kappa shape index (κ2) is 6.39. The zero-order valence-electron chi connectivity index (χ0n) is 13.7. The summed E-state index contributed by atoms with van der Waals surface area (Å²) in [5.41, 5.74) is -3.40. The van der Waals surface area contributed by atoms with Gasteiger partial charge in [0, 0.05) is 12.3 Å². The molecule has 0 aromatic carbocycles. The molecule has 7 nitrogen and oxygen atoms in total. The van der Waals surface area contributed by atoms with Gasteiger partial charge in [0.25, 0.3) is 0 Å². The van der Waals surface area contributed by atoms with Crippen LogP contribution in [-0.2, 0) is 22.2 Å². The minimum atomic E-state index is -4.85. The topological polar surface area (TPSA) is 90.1 Å². The summed E-state index contributed by atoms with van der Waals surface area (Å²) in [7, 11) is -4.18. The van der Waals surface area contributed by atoms with Crippen molar-refractivity contribution in [1.82, 2.24) is 24.6 Å². The molecule has 0 fully saturated rings. The average Bonchev–Trinajstić information content (AvgIpc) is 3.02. The normalized spacial score (nSPS) is 13.2. The Bertz CT molecular complexity index is 1150. The molecule has 3 heterocycles. The Hall–Kier alpha value is -2.77. The van der Waals surface area contributed by atoms with Gasteiger partial charge in [-0.25, -0.2) is 22.9 Å². The van der Waals surface area contributed by atoms with E-state index >= 15 is 0 Å². The third-order valence-corrected chi connectivity index (χ3v) is 5.37. The molecule has 0 N–H and O–H groups in total. The SMILES string of the molecule is CCS(=O)(=O)c1cc(C(F)(F)F)cnc1-c1nc2cc(C(F)(F)F)ncn2n1. The fourth-order valence-electron chi connectivity index (χ4n) is 2.21. The summed E-state index contributed by atoms with van der Waals surface area (Å²) >= 11 is 0. The predicted molar refractivity (Wildman–Crippen MR) is 81.7 cm³/mol. The zero-order chi connectivity index (χ0) is 20.9. The molecule has 3 aromatic heterocycles. The predicted octanol–water partition coefficient (Wildman–Crippen LogP) is 3.02. The summed E-state index contributed by atoms with van der Waals surface area (Å²) in [4.78, 5) is 9.67. The number of pyridine rings is 1. The van der Waals surface area contributed by atoms with Crippen molar-refractivity contribution < 1.29 is 34.8 Å². The quantitative estimate of drug-likeness (QED) is 0.600. The number of fused-ring (bicyclic) bond motifs is 1. The lowest BCUT2D eigenvalue weighted by Gasteiger charge is -2.10. The molecule has 0 radical (unpaired) electrons. The van der Waals surface area contributed by atoms with Gasteiger partial charge in [0.1, 0.15) is 17.7 Å². The van der Waals surface area contributed by atoms with Crippen molar-refractivity contribution in [3.63, 3.8) is 0 Å². The van der Waals surface area contributed by atoms with Crippen LogP contribution in [0, 0.1) is 0 Å². The molecule has 3 rings (SSSR count). The maximum atomic E-state index is 12.9. The van der Waals surface area contributed by atoms with Crippen molar-refractivity contribution >= 4 is 15.5 Å². The molecule has 0 aliphatic rings. The number of nitrogens with zero attached hydrogens (tertiary/aromatic N) is 5. The van der Waals surface area contributed by atoms with Crippen LogP contribution in [0.5, 0.6) is 0 Å². The molecule has 0 amide bonds. The molecule has 28 heavy (non-hydrogen) atoms. The van der Waals surface area contributed by atoms with Gasteiger partial charge in [0.2, 0.25) is 5.82 Å². The van der Waals surface area contributed by atoms with Crippen molar-refractivity contribution in [2.45, 2.75) is 24.2 Å². The molecule has 14 heteroatoms. The summed E-state index contributed by atoms with van der Waals surface area (Å²) in [5, 5.41) is 3.77. The fraction of sp³-hybridized carbons (Fsp3) is 0.286. The second-order valence-electron chi connectivity index (χ2n) is 5.48. The smallest absolute Gasteiger partial charge is 0.251 e. The lowest BCUT2D eigenvalue weighted by Crippen LogP contribution is -2.12. The standard InChI is InChI=1S/C14H9F6N5O2S/c1-2-28(26,27)8-3-7(13(15,16)17)5-21-11(8)12-23-10-4-9(14(18,19)20)22-6-25(10)24-12/h3-6H,2H2,1H3. The minimum Gasteiger partial charge on any atom is -0.251 e. The van der Waals surface area contributed by atoms with E-state index in [-0.39, 0.29) is 5.65 Å². The second-order valence-corrected chi connectivity index (χ2v) is 7.73. The van der Waals surface area contributed by atoms with Crippen LogP contribution in [0.25, 0.3) is 17.2 Å². The summed E-state index contributed by atoms with van der Waals surface area (Å²) in [5.74, 6) is -0.988. The highest BCUT2D eigenvalue weighted by atomic mass is 32.2. The molecule has 0 aliphatic heterocycles. The Morgan fingerprint density at radius 1 is 1.04 bits per heavy atom. The van der Waals surface area contributed by atoms with E-state index in [1.54, 1.807) is 0 Å². The van der Waals surface area contributed by atoms with Gasteiger partial charge in [0.05, 0.1) is 16.2 Å². The van der Waals surface area contributed by atoms with E-state index in [1.165, 1.54) is 6.92 Å². The molecule has 0 saturated heterocycles. The highest BCUT2D eigenvalue weighted by Gasteiger charge is 2.35. The third-order valence-electron chi connectivity index (χ3n) is 3.63. The Kier molecular flexibility index (Phi) is 4.56. The van der Waals surface area contributed by atoms with Crippen molar-refractivity contribution in [2.24, 2.45) is 0 Å². The van der Waals surface area contributed by atoms with E-state index in [0.717, 1.165) is 4.52 Å². The van der Waals surface area contributed by atoms with Crippen LogP contribution in [0.3, 0.4) is 0 Å². The van der Waals surface area contributed by atoms with Crippen molar-refractivity contribution in [3.8, 4) is 11.5 Å². The lowest BCUT2D eigenvalue weighted by molar-refractivity contribution is -0.141. The summed E-state index contributed by atoms with van der Waals surface area (Å²) in [6.45, 7) is 1.22. The number of halogens is 6. The van der Waals surface area contributed by atoms with Crippen LogP contribution in [0.4, 0.5) is 26.3 Å². The lowest BCUT2D eigenvalue weighted by atomic mass is 10.2. The summed E-state index contributed by atoms with van der Waals surface area (Å²) < 4.78 is 102. The third kappa shape index (κ3) is 3.63. The molecule has 0 bridgehead atoms. The summed E-state index contributed by atoms with van der Waals surface area (Å²) in [6, 6.07) is 0.959. The molecule has 3 aromatic rings. The first-order valence-corrected chi connectivity index (χ1v) is 9.08. The van der Waals surface area contributed by atoms with Crippen LogP contribution in [0.2, 0.25) is 0 Å². The first kappa shape index (κ1) is 20.0. The molecular formula is C14H9F6N5O2S. The van der Waals surface area contributed by atoms with E-state index in [1.807, 2.05) is 0 Å². The van der Waals surface area contributed by atoms with Gasteiger partial charge >= 0.3 is 12.4 Å². The summed E-state index contributed by atoms with van der Waals surface area (Å²) in [6.07, 6.45) is -8.50. The van der Waals surface area contributed by atoms with E-state index in [0.29, 0.717) is 24.7 Å². The maximum absolute atomic E-state index is 12.9. The van der Waals surface area contributed by atoms with Crippen molar-refractivity contribution in [1.29, 1.82) is 0 Å². The van der Waals surface area contributed by atoms with E-state index in [2.05, 4.69) is 20.1 Å². The Balaban J connectivity index is 2.23. The van der Waals surface area contributed by atoms with E-state index < -0.39 is 55.6 Å². The van der Waals surface area contributed by atoms with Crippen molar-refractivity contribution in [2.75, 3.05) is 5.75 Å². The minimum absolute atomic E-state index is 0.334.